The number of hydrogen-bond acceptors (Lipinski definition) is 5. The fraction of sp³-hybridized carbons (Fsp3) is 0.500. The van der Waals surface area contributed by atoms with Gasteiger partial charge in [-0.15, -0.1) is 0 Å². The first-order valence-electron chi connectivity index (χ1n) is 6.60. The van der Waals surface area contributed by atoms with Crippen LogP contribution in [-0.4, -0.2) is 50.2 Å². The topological polar surface area (TPSA) is 50.8 Å². The van der Waals surface area contributed by atoms with Gasteiger partial charge in [0.15, 0.2) is 17.3 Å². The zero-order valence-electron chi connectivity index (χ0n) is 11.1. The average Bonchev–Trinajstić information content (AvgIpc) is 2.86. The minimum atomic E-state index is 0.151. The lowest BCUT2D eigenvalue weighted by molar-refractivity contribution is 0.0920. The Labute approximate surface area is 112 Å². The number of ether oxygens (including phenoxy) is 2. The second-order valence-corrected chi connectivity index (χ2v) is 4.97. The first-order chi connectivity index (χ1) is 9.24. The van der Waals surface area contributed by atoms with Gasteiger partial charge >= 0.3 is 0 Å². The molecule has 102 valence electrons. The zero-order chi connectivity index (χ0) is 13.2. The van der Waals surface area contributed by atoms with E-state index in [0.717, 1.165) is 43.1 Å². The van der Waals surface area contributed by atoms with Crippen LogP contribution in [0, 0.1) is 6.92 Å². The van der Waals surface area contributed by atoms with E-state index in [-0.39, 0.29) is 12.6 Å². The number of aryl methyl sites for hydroxylation is 1. The van der Waals surface area contributed by atoms with Crippen molar-refractivity contribution < 1.29 is 14.3 Å². The predicted molar refractivity (Wildman–Crippen MR) is 70.9 cm³/mol. The molecule has 1 fully saturated rings. The van der Waals surface area contributed by atoms with Crippen molar-refractivity contribution in [2.75, 3.05) is 39.5 Å². The Bertz CT molecular complexity index is 496. The molecule has 5 nitrogen and oxygen atoms in total. The molecule has 0 unspecified atom stereocenters. The smallest absolute Gasteiger partial charge is 0.231 e. The van der Waals surface area contributed by atoms with Crippen molar-refractivity contribution in [3.63, 3.8) is 0 Å². The highest BCUT2D eigenvalue weighted by atomic mass is 16.7. The maximum Gasteiger partial charge on any atom is 0.231 e. The Hall–Kier alpha value is -1.59. The summed E-state index contributed by atoms with van der Waals surface area (Å²) < 4.78 is 10.6. The molecule has 3 rings (SSSR count). The lowest BCUT2D eigenvalue weighted by atomic mass is 10.0. The molecule has 2 aliphatic heterocycles. The minimum Gasteiger partial charge on any atom is -0.454 e. The molecule has 19 heavy (non-hydrogen) atoms. The van der Waals surface area contributed by atoms with Gasteiger partial charge in [-0.3, -0.25) is 9.69 Å². The van der Waals surface area contributed by atoms with Gasteiger partial charge in [0.1, 0.15) is 0 Å². The third-order valence-corrected chi connectivity index (χ3v) is 3.60. The summed E-state index contributed by atoms with van der Waals surface area (Å²) in [5, 5.41) is 3.28. The second-order valence-electron chi connectivity index (χ2n) is 4.97. The molecule has 1 N–H and O–H groups in total. The third-order valence-electron chi connectivity index (χ3n) is 3.60. The number of benzene rings is 1. The highest BCUT2D eigenvalue weighted by Gasteiger charge is 2.21. The van der Waals surface area contributed by atoms with E-state index < -0.39 is 0 Å². The summed E-state index contributed by atoms with van der Waals surface area (Å²) in [6, 6.07) is 3.69. The Balaban J connectivity index is 1.75. The van der Waals surface area contributed by atoms with Gasteiger partial charge in [0.2, 0.25) is 6.79 Å². The van der Waals surface area contributed by atoms with Crippen molar-refractivity contribution in [3.05, 3.63) is 23.3 Å². The number of nitrogens with zero attached hydrogens (tertiary/aromatic N) is 1. The Morgan fingerprint density at radius 3 is 2.68 bits per heavy atom. The molecular weight excluding hydrogens is 244 g/mol. The van der Waals surface area contributed by atoms with Crippen molar-refractivity contribution in [2.45, 2.75) is 6.92 Å². The van der Waals surface area contributed by atoms with Crippen LogP contribution in [0.15, 0.2) is 12.1 Å². The van der Waals surface area contributed by atoms with E-state index in [4.69, 9.17) is 9.47 Å². The van der Waals surface area contributed by atoms with Crippen LogP contribution >= 0.6 is 0 Å². The minimum absolute atomic E-state index is 0.151. The number of Topliss-reactive ketones (excluding diaryl/α,β-unsaturated/α-hetero) is 1. The average molecular weight is 262 g/mol. The molecule has 5 heteroatoms. The molecule has 0 saturated carbocycles. The highest BCUT2D eigenvalue weighted by Crippen LogP contribution is 2.34. The SMILES string of the molecule is Cc1cc2c(cc1C(=O)CN1CCNCC1)OCO2. The number of rotatable bonds is 3. The molecule has 0 amide bonds. The number of fused-ring (bicyclic) bond motifs is 1. The zero-order valence-corrected chi connectivity index (χ0v) is 11.1. The number of piperazine rings is 1. The predicted octanol–water partition coefficient (Wildman–Crippen LogP) is 0.812. The van der Waals surface area contributed by atoms with Crippen molar-refractivity contribution >= 4 is 5.78 Å². The van der Waals surface area contributed by atoms with Gasteiger partial charge in [-0.05, 0) is 24.6 Å². The van der Waals surface area contributed by atoms with Crippen LogP contribution < -0.4 is 14.8 Å². The second kappa shape index (κ2) is 5.19. The van der Waals surface area contributed by atoms with E-state index in [1.54, 1.807) is 0 Å². The van der Waals surface area contributed by atoms with Gasteiger partial charge in [-0.1, -0.05) is 0 Å². The van der Waals surface area contributed by atoms with E-state index in [1.807, 2.05) is 19.1 Å². The fourth-order valence-corrected chi connectivity index (χ4v) is 2.50. The summed E-state index contributed by atoms with van der Waals surface area (Å²) in [5.41, 5.74) is 1.69. The molecule has 0 atom stereocenters. The standard InChI is InChI=1S/C14H18N2O3/c1-10-6-13-14(19-9-18-13)7-11(10)12(17)8-16-4-2-15-3-5-16/h6-7,15H,2-5,8-9H2,1H3. The van der Waals surface area contributed by atoms with E-state index >= 15 is 0 Å². The molecule has 0 aliphatic carbocycles. The van der Waals surface area contributed by atoms with Gasteiger partial charge in [0.05, 0.1) is 6.54 Å². The maximum atomic E-state index is 12.4. The fourth-order valence-electron chi connectivity index (χ4n) is 2.50. The quantitative estimate of drug-likeness (QED) is 0.817. The number of ketones is 1. The molecule has 2 aliphatic rings. The molecule has 1 aromatic carbocycles. The summed E-state index contributed by atoms with van der Waals surface area (Å²) in [6.07, 6.45) is 0. The van der Waals surface area contributed by atoms with Crippen LogP contribution in [0.4, 0.5) is 0 Å². The first kappa shape index (κ1) is 12.4. The molecule has 0 bridgehead atoms. The maximum absolute atomic E-state index is 12.4. The number of hydrogen-bond donors (Lipinski definition) is 1. The number of carbonyl (C=O) groups is 1. The van der Waals surface area contributed by atoms with Crippen LogP contribution in [0.3, 0.4) is 0 Å². The summed E-state index contributed by atoms with van der Waals surface area (Å²) >= 11 is 0. The summed E-state index contributed by atoms with van der Waals surface area (Å²) in [5.74, 6) is 1.56. The van der Waals surface area contributed by atoms with Gasteiger partial charge in [-0.25, -0.2) is 0 Å². The molecule has 2 heterocycles. The van der Waals surface area contributed by atoms with Crippen molar-refractivity contribution in [1.29, 1.82) is 0 Å². The largest absolute Gasteiger partial charge is 0.454 e. The van der Waals surface area contributed by atoms with E-state index in [9.17, 15) is 4.79 Å². The molecule has 1 aromatic rings. The van der Waals surface area contributed by atoms with Crippen molar-refractivity contribution in [2.24, 2.45) is 0 Å². The molecule has 1 saturated heterocycles. The highest BCUT2D eigenvalue weighted by molar-refractivity contribution is 5.99. The lowest BCUT2D eigenvalue weighted by Crippen LogP contribution is -2.45. The van der Waals surface area contributed by atoms with Gasteiger partial charge < -0.3 is 14.8 Å². The van der Waals surface area contributed by atoms with Crippen molar-refractivity contribution in [1.82, 2.24) is 10.2 Å². The van der Waals surface area contributed by atoms with Gasteiger partial charge in [0.25, 0.3) is 0 Å². The van der Waals surface area contributed by atoms with E-state index in [0.29, 0.717) is 12.3 Å². The number of carbonyl (C=O) groups excluding carboxylic acids is 1. The molecule has 0 aromatic heterocycles. The van der Waals surface area contributed by atoms with Crippen molar-refractivity contribution in [3.8, 4) is 11.5 Å². The molecular formula is C14H18N2O3. The van der Waals surface area contributed by atoms with Crippen LogP contribution in [0.2, 0.25) is 0 Å². The molecule has 0 spiro atoms. The van der Waals surface area contributed by atoms with Crippen LogP contribution in [-0.2, 0) is 0 Å². The van der Waals surface area contributed by atoms with E-state index in [1.165, 1.54) is 0 Å². The Kier molecular flexibility index (Phi) is 3.40. The van der Waals surface area contributed by atoms with Crippen LogP contribution in [0.25, 0.3) is 0 Å². The van der Waals surface area contributed by atoms with Crippen LogP contribution in [0.1, 0.15) is 15.9 Å². The monoisotopic (exact) mass is 262 g/mol. The van der Waals surface area contributed by atoms with Gasteiger partial charge in [-0.2, -0.15) is 0 Å². The summed E-state index contributed by atoms with van der Waals surface area (Å²) in [7, 11) is 0. The Morgan fingerprint density at radius 2 is 1.95 bits per heavy atom. The summed E-state index contributed by atoms with van der Waals surface area (Å²) in [6.45, 7) is 6.41. The van der Waals surface area contributed by atoms with E-state index in [2.05, 4.69) is 10.2 Å². The normalized spacial score (nSPS) is 18.6. The summed E-state index contributed by atoms with van der Waals surface area (Å²) in [4.78, 5) is 14.6. The number of nitrogens with one attached hydrogen (secondary N) is 1. The first-order valence-corrected chi connectivity index (χ1v) is 6.60. The molecule has 0 radical (unpaired) electrons. The third kappa shape index (κ3) is 2.57. The Morgan fingerprint density at radius 1 is 1.26 bits per heavy atom. The van der Waals surface area contributed by atoms with Crippen LogP contribution in [0.5, 0.6) is 11.5 Å². The lowest BCUT2D eigenvalue weighted by Gasteiger charge is -2.26. The van der Waals surface area contributed by atoms with Gasteiger partial charge in [0, 0.05) is 31.7 Å².